The first kappa shape index (κ1) is 16.5. The summed E-state index contributed by atoms with van der Waals surface area (Å²) in [5, 5.41) is 9.91. The van der Waals surface area contributed by atoms with Crippen molar-refractivity contribution in [1.29, 1.82) is 0 Å². The molecule has 0 spiro atoms. The average molecular weight is 311 g/mol. The van der Waals surface area contributed by atoms with Crippen LogP contribution in [-0.2, 0) is 15.4 Å². The number of sulfonamides is 1. The van der Waals surface area contributed by atoms with Gasteiger partial charge in [0.1, 0.15) is 0 Å². The van der Waals surface area contributed by atoms with E-state index in [2.05, 4.69) is 20.8 Å². The lowest BCUT2D eigenvalue weighted by Gasteiger charge is -2.22. The zero-order valence-corrected chi connectivity index (χ0v) is 14.0. The molecule has 118 valence electrons. The minimum atomic E-state index is -3.53. The Morgan fingerprint density at radius 3 is 2.19 bits per heavy atom. The molecule has 1 unspecified atom stereocenters. The molecule has 1 aliphatic carbocycles. The van der Waals surface area contributed by atoms with Gasteiger partial charge in [-0.25, -0.2) is 8.42 Å². The Kier molecular flexibility index (Phi) is 4.47. The highest BCUT2D eigenvalue weighted by Crippen LogP contribution is 2.33. The fourth-order valence-corrected chi connectivity index (χ4v) is 3.49. The number of aliphatic hydroxyl groups is 1. The Hall–Kier alpha value is -0.910. The summed E-state index contributed by atoms with van der Waals surface area (Å²) in [6, 6.07) is 7.02. The highest BCUT2D eigenvalue weighted by molar-refractivity contribution is 7.89. The van der Waals surface area contributed by atoms with Gasteiger partial charge in [0.15, 0.2) is 0 Å². The number of rotatable bonds is 5. The second-order valence-corrected chi connectivity index (χ2v) is 9.01. The maximum Gasteiger partial charge on any atom is 0.242 e. The van der Waals surface area contributed by atoms with Crippen molar-refractivity contribution in [3.63, 3.8) is 0 Å². The summed E-state index contributed by atoms with van der Waals surface area (Å²) >= 11 is 0. The molecule has 21 heavy (non-hydrogen) atoms. The molecular formula is C16H25NO3S. The van der Waals surface area contributed by atoms with E-state index in [0.29, 0.717) is 0 Å². The third-order valence-corrected chi connectivity index (χ3v) is 5.88. The first-order valence-electron chi connectivity index (χ1n) is 7.37. The van der Waals surface area contributed by atoms with Gasteiger partial charge >= 0.3 is 0 Å². The second kappa shape index (κ2) is 5.71. The zero-order chi connectivity index (χ0) is 15.8. The van der Waals surface area contributed by atoms with E-state index in [1.165, 1.54) is 11.4 Å². The molecule has 0 amide bonds. The summed E-state index contributed by atoms with van der Waals surface area (Å²) in [4.78, 5) is 0.279. The van der Waals surface area contributed by atoms with E-state index in [-0.39, 0.29) is 22.8 Å². The van der Waals surface area contributed by atoms with Gasteiger partial charge in [0.2, 0.25) is 10.0 Å². The van der Waals surface area contributed by atoms with Crippen molar-refractivity contribution in [3.05, 3.63) is 29.8 Å². The largest absolute Gasteiger partial charge is 0.391 e. The summed E-state index contributed by atoms with van der Waals surface area (Å²) in [6.45, 7) is 6.44. The number of nitrogens with zero attached hydrogens (tertiary/aromatic N) is 1. The smallest absolute Gasteiger partial charge is 0.242 e. The van der Waals surface area contributed by atoms with Crippen molar-refractivity contribution in [2.45, 2.75) is 50.0 Å². The number of aliphatic hydroxyl groups excluding tert-OH is 1. The molecule has 0 bridgehead atoms. The normalized spacial score (nSPS) is 18.0. The van der Waals surface area contributed by atoms with Crippen LogP contribution < -0.4 is 0 Å². The van der Waals surface area contributed by atoms with Crippen LogP contribution in [0.25, 0.3) is 0 Å². The maximum atomic E-state index is 12.5. The third-order valence-electron chi connectivity index (χ3n) is 4.04. The molecule has 5 heteroatoms. The molecule has 0 saturated heterocycles. The van der Waals surface area contributed by atoms with Crippen LogP contribution in [0.4, 0.5) is 0 Å². The van der Waals surface area contributed by atoms with Crippen LogP contribution in [0.3, 0.4) is 0 Å². The molecule has 1 aromatic carbocycles. The lowest BCUT2D eigenvalue weighted by molar-refractivity contribution is 0.131. The van der Waals surface area contributed by atoms with E-state index in [1.54, 1.807) is 12.1 Å². The summed E-state index contributed by atoms with van der Waals surface area (Å²) in [6.07, 6.45) is 1.43. The minimum absolute atomic E-state index is 0.00361. The number of likely N-dealkylation sites (N-methyl/N-ethyl adjacent to an activating group) is 1. The van der Waals surface area contributed by atoms with Gasteiger partial charge < -0.3 is 5.11 Å². The summed E-state index contributed by atoms with van der Waals surface area (Å²) in [5.41, 5.74) is 1.10. The molecule has 0 aliphatic heterocycles. The molecule has 1 atom stereocenters. The SMILES string of the molecule is CN(CC(O)C1CC1)S(=O)(=O)c1ccc(C(C)(C)C)cc1. The Balaban J connectivity index is 2.14. The van der Waals surface area contributed by atoms with Crippen LogP contribution in [0.5, 0.6) is 0 Å². The fraction of sp³-hybridized carbons (Fsp3) is 0.625. The lowest BCUT2D eigenvalue weighted by atomic mass is 9.87. The van der Waals surface area contributed by atoms with Crippen molar-refractivity contribution in [2.75, 3.05) is 13.6 Å². The third kappa shape index (κ3) is 3.84. The van der Waals surface area contributed by atoms with E-state index in [0.717, 1.165) is 18.4 Å². The average Bonchev–Trinajstić information content (AvgIpc) is 3.22. The molecule has 1 saturated carbocycles. The first-order valence-corrected chi connectivity index (χ1v) is 8.81. The molecule has 2 rings (SSSR count). The molecule has 1 aromatic rings. The van der Waals surface area contributed by atoms with Crippen LogP contribution >= 0.6 is 0 Å². The topological polar surface area (TPSA) is 57.6 Å². The molecule has 0 aromatic heterocycles. The van der Waals surface area contributed by atoms with Gasteiger partial charge in [-0.1, -0.05) is 32.9 Å². The van der Waals surface area contributed by atoms with Gasteiger partial charge in [0, 0.05) is 13.6 Å². The maximum absolute atomic E-state index is 12.5. The van der Waals surface area contributed by atoms with Crippen molar-refractivity contribution < 1.29 is 13.5 Å². The summed E-state index contributed by atoms with van der Waals surface area (Å²) in [5.74, 6) is 0.269. The molecule has 0 heterocycles. The van der Waals surface area contributed by atoms with Crippen molar-refractivity contribution in [1.82, 2.24) is 4.31 Å². The predicted molar refractivity (Wildman–Crippen MR) is 83.7 cm³/mol. The molecule has 0 radical (unpaired) electrons. The van der Waals surface area contributed by atoms with Crippen molar-refractivity contribution in [2.24, 2.45) is 5.92 Å². The predicted octanol–water partition coefficient (Wildman–Crippen LogP) is 2.38. The van der Waals surface area contributed by atoms with E-state index in [1.807, 2.05) is 12.1 Å². The van der Waals surface area contributed by atoms with Gasteiger partial charge in [-0.3, -0.25) is 0 Å². The first-order chi connectivity index (χ1) is 9.62. The number of hydrogen-bond acceptors (Lipinski definition) is 3. The lowest BCUT2D eigenvalue weighted by Crippen LogP contribution is -2.35. The summed E-state index contributed by atoms with van der Waals surface area (Å²) in [7, 11) is -2.00. The molecule has 1 fully saturated rings. The highest BCUT2D eigenvalue weighted by atomic mass is 32.2. The standard InChI is InChI=1S/C16H25NO3S/c1-16(2,3)13-7-9-14(10-8-13)21(19,20)17(4)11-15(18)12-5-6-12/h7-10,12,15,18H,5-6,11H2,1-4H3. The zero-order valence-electron chi connectivity index (χ0n) is 13.2. The van der Waals surface area contributed by atoms with Crippen LogP contribution in [0.2, 0.25) is 0 Å². The van der Waals surface area contributed by atoms with Gasteiger partial charge in [-0.15, -0.1) is 0 Å². The van der Waals surface area contributed by atoms with Crippen LogP contribution in [0.1, 0.15) is 39.2 Å². The number of hydrogen-bond donors (Lipinski definition) is 1. The van der Waals surface area contributed by atoms with E-state index in [9.17, 15) is 13.5 Å². The second-order valence-electron chi connectivity index (χ2n) is 6.96. The van der Waals surface area contributed by atoms with E-state index < -0.39 is 16.1 Å². The van der Waals surface area contributed by atoms with Crippen LogP contribution in [0.15, 0.2) is 29.2 Å². The van der Waals surface area contributed by atoms with E-state index >= 15 is 0 Å². The Labute approximate surface area is 127 Å². The van der Waals surface area contributed by atoms with Gasteiger partial charge in [-0.2, -0.15) is 4.31 Å². The Morgan fingerprint density at radius 2 is 1.76 bits per heavy atom. The van der Waals surface area contributed by atoms with Crippen molar-refractivity contribution >= 4 is 10.0 Å². The number of benzene rings is 1. The molecule has 1 N–H and O–H groups in total. The molecule has 4 nitrogen and oxygen atoms in total. The highest BCUT2D eigenvalue weighted by Gasteiger charge is 2.33. The molecule has 1 aliphatic rings. The molecular weight excluding hydrogens is 286 g/mol. The Bertz CT molecular complexity index is 583. The quantitative estimate of drug-likeness (QED) is 0.908. The Morgan fingerprint density at radius 1 is 1.24 bits per heavy atom. The van der Waals surface area contributed by atoms with Gasteiger partial charge in [-0.05, 0) is 41.9 Å². The van der Waals surface area contributed by atoms with Crippen molar-refractivity contribution in [3.8, 4) is 0 Å². The fourth-order valence-electron chi connectivity index (χ4n) is 2.30. The van der Waals surface area contributed by atoms with Crippen LogP contribution in [-0.4, -0.2) is 37.5 Å². The van der Waals surface area contributed by atoms with Crippen LogP contribution in [0, 0.1) is 5.92 Å². The van der Waals surface area contributed by atoms with Gasteiger partial charge in [0.25, 0.3) is 0 Å². The monoisotopic (exact) mass is 311 g/mol. The summed E-state index contributed by atoms with van der Waals surface area (Å²) < 4.78 is 26.2. The van der Waals surface area contributed by atoms with Gasteiger partial charge in [0.05, 0.1) is 11.0 Å². The minimum Gasteiger partial charge on any atom is -0.391 e. The van der Waals surface area contributed by atoms with E-state index in [4.69, 9.17) is 0 Å².